The van der Waals surface area contributed by atoms with Crippen molar-refractivity contribution in [1.82, 2.24) is 0 Å². The van der Waals surface area contributed by atoms with Crippen molar-refractivity contribution in [3.05, 3.63) is 28.8 Å². The fourth-order valence-electron chi connectivity index (χ4n) is 1.97. The Kier molecular flexibility index (Phi) is 4.59. The van der Waals surface area contributed by atoms with Crippen LogP contribution in [0.5, 0.6) is 0 Å². The van der Waals surface area contributed by atoms with Crippen LogP contribution in [0.4, 0.5) is 14.5 Å². The van der Waals surface area contributed by atoms with Crippen molar-refractivity contribution in [2.24, 2.45) is 10.4 Å². The van der Waals surface area contributed by atoms with E-state index in [2.05, 4.69) is 31.1 Å². The predicted molar refractivity (Wildman–Crippen MR) is 82.7 cm³/mol. The lowest BCUT2D eigenvalue weighted by molar-refractivity contribution is 0.316. The molecule has 20 heavy (non-hydrogen) atoms. The van der Waals surface area contributed by atoms with E-state index in [0.29, 0.717) is 5.17 Å². The molecule has 0 fully saturated rings. The summed E-state index contributed by atoms with van der Waals surface area (Å²) in [5.74, 6) is -0.492. The van der Waals surface area contributed by atoms with Gasteiger partial charge in [0, 0.05) is 11.8 Å². The van der Waals surface area contributed by atoms with Gasteiger partial charge in [-0.2, -0.15) is 0 Å². The maximum absolute atomic E-state index is 13.7. The van der Waals surface area contributed by atoms with Crippen LogP contribution < -0.4 is 5.32 Å². The largest absolute Gasteiger partial charge is 0.331 e. The maximum Gasteiger partial charge on any atom is 0.161 e. The van der Waals surface area contributed by atoms with Gasteiger partial charge in [0.2, 0.25) is 0 Å². The molecule has 1 heterocycles. The lowest BCUT2D eigenvalue weighted by atomic mass is 9.85. The molecular formula is C14H17ClF2N2S. The maximum atomic E-state index is 13.7. The molecule has 0 amide bonds. The Labute approximate surface area is 127 Å². The first-order chi connectivity index (χ1) is 9.27. The van der Waals surface area contributed by atoms with Crippen molar-refractivity contribution in [2.75, 3.05) is 11.1 Å². The van der Waals surface area contributed by atoms with E-state index < -0.39 is 11.6 Å². The van der Waals surface area contributed by atoms with Gasteiger partial charge >= 0.3 is 0 Å². The number of halogens is 3. The molecule has 110 valence electrons. The number of hydrogen-bond acceptors (Lipinski definition) is 3. The molecule has 2 rings (SSSR count). The number of nitrogens with one attached hydrogen (secondary N) is 1. The average molecular weight is 319 g/mol. The summed E-state index contributed by atoms with van der Waals surface area (Å²) in [7, 11) is 0. The fraction of sp³-hybridized carbons (Fsp3) is 0.500. The van der Waals surface area contributed by atoms with Gasteiger partial charge in [-0.15, -0.1) is 0 Å². The second-order valence-electron chi connectivity index (χ2n) is 5.82. The van der Waals surface area contributed by atoms with Crippen molar-refractivity contribution in [1.29, 1.82) is 0 Å². The fourth-order valence-corrected chi connectivity index (χ4v) is 3.13. The minimum Gasteiger partial charge on any atom is -0.331 e. The number of anilines is 1. The zero-order valence-corrected chi connectivity index (χ0v) is 13.2. The van der Waals surface area contributed by atoms with Gasteiger partial charge < -0.3 is 5.32 Å². The van der Waals surface area contributed by atoms with Crippen LogP contribution >= 0.6 is 23.4 Å². The van der Waals surface area contributed by atoms with E-state index in [1.807, 2.05) is 0 Å². The van der Waals surface area contributed by atoms with E-state index in [0.717, 1.165) is 24.3 Å². The van der Waals surface area contributed by atoms with Crippen molar-refractivity contribution in [2.45, 2.75) is 33.2 Å². The lowest BCUT2D eigenvalue weighted by Gasteiger charge is -2.31. The Bertz CT molecular complexity index is 517. The van der Waals surface area contributed by atoms with E-state index in [-0.39, 0.29) is 22.2 Å². The Hall–Kier alpha value is -0.810. The number of amidine groups is 1. The molecular weight excluding hydrogens is 302 g/mol. The molecule has 1 N–H and O–H groups in total. The Morgan fingerprint density at radius 2 is 2.05 bits per heavy atom. The Balaban J connectivity index is 2.24. The van der Waals surface area contributed by atoms with E-state index in [4.69, 9.17) is 11.6 Å². The number of aliphatic imine (C=N–C) groups is 1. The highest BCUT2D eigenvalue weighted by Crippen LogP contribution is 2.33. The molecule has 0 bridgehead atoms. The number of thioether (sulfide) groups is 1. The normalized spacial score (nSPS) is 19.7. The lowest BCUT2D eigenvalue weighted by Crippen LogP contribution is -2.30. The van der Waals surface area contributed by atoms with E-state index >= 15 is 0 Å². The van der Waals surface area contributed by atoms with Crippen LogP contribution in [0, 0.1) is 17.0 Å². The molecule has 0 radical (unpaired) electrons. The highest BCUT2D eigenvalue weighted by Gasteiger charge is 2.27. The average Bonchev–Trinajstić information content (AvgIpc) is 2.33. The van der Waals surface area contributed by atoms with Gasteiger partial charge in [0.05, 0.1) is 16.8 Å². The minimum absolute atomic E-state index is 0.0173. The molecule has 0 spiro atoms. The summed E-state index contributed by atoms with van der Waals surface area (Å²) in [5.41, 5.74) is 0.132. The van der Waals surface area contributed by atoms with Gasteiger partial charge in [-0.1, -0.05) is 44.1 Å². The molecule has 0 saturated carbocycles. The van der Waals surface area contributed by atoms with Crippen LogP contribution in [0.15, 0.2) is 17.1 Å². The number of benzene rings is 1. The molecule has 1 aromatic carbocycles. The van der Waals surface area contributed by atoms with Gasteiger partial charge in [-0.25, -0.2) is 8.78 Å². The van der Waals surface area contributed by atoms with Crippen LogP contribution in [0.1, 0.15) is 27.2 Å². The highest BCUT2D eigenvalue weighted by molar-refractivity contribution is 8.14. The summed E-state index contributed by atoms with van der Waals surface area (Å²) >= 11 is 7.39. The van der Waals surface area contributed by atoms with Crippen molar-refractivity contribution in [3.63, 3.8) is 0 Å². The van der Waals surface area contributed by atoms with Gasteiger partial charge in [0.1, 0.15) is 5.82 Å². The third-order valence-corrected chi connectivity index (χ3v) is 4.36. The smallest absolute Gasteiger partial charge is 0.161 e. The quantitative estimate of drug-likeness (QED) is 0.793. The molecule has 1 atom stereocenters. The minimum atomic E-state index is -0.712. The monoisotopic (exact) mass is 318 g/mol. The van der Waals surface area contributed by atoms with Crippen LogP contribution in [0.3, 0.4) is 0 Å². The standard InChI is InChI=1S/C14H17ClF2N2S/c1-14(2,3)11-4-5-20-13(18-11)19-12-9(15)6-8(16)7-10(12)17/h6-7,11H,4-5H2,1-3H3,(H,18,19). The van der Waals surface area contributed by atoms with E-state index in [1.165, 1.54) is 11.8 Å². The van der Waals surface area contributed by atoms with Crippen LogP contribution in [0.25, 0.3) is 0 Å². The second kappa shape index (κ2) is 5.90. The van der Waals surface area contributed by atoms with Crippen molar-refractivity contribution >= 4 is 34.2 Å². The first-order valence-corrected chi connectivity index (χ1v) is 7.76. The Morgan fingerprint density at radius 1 is 1.35 bits per heavy atom. The first kappa shape index (κ1) is 15.6. The summed E-state index contributed by atoms with van der Waals surface area (Å²) < 4.78 is 26.8. The molecule has 2 nitrogen and oxygen atoms in total. The SMILES string of the molecule is CC(C)(C)C1CCSC(Nc2c(F)cc(F)cc2Cl)=N1. The first-order valence-electron chi connectivity index (χ1n) is 6.39. The molecule has 6 heteroatoms. The second-order valence-corrected chi connectivity index (χ2v) is 7.31. The summed E-state index contributed by atoms with van der Waals surface area (Å²) in [6.45, 7) is 6.38. The molecule has 0 aromatic heterocycles. The third kappa shape index (κ3) is 3.64. The van der Waals surface area contributed by atoms with E-state index in [1.54, 1.807) is 0 Å². The summed E-state index contributed by atoms with van der Waals surface area (Å²) in [6, 6.07) is 2.07. The topological polar surface area (TPSA) is 24.4 Å². The number of hydrogen-bond donors (Lipinski definition) is 1. The summed E-state index contributed by atoms with van der Waals surface area (Å²) in [4.78, 5) is 4.60. The number of nitrogens with zero attached hydrogens (tertiary/aromatic N) is 1. The molecule has 0 aliphatic carbocycles. The summed E-state index contributed by atoms with van der Waals surface area (Å²) in [6.07, 6.45) is 0.985. The highest BCUT2D eigenvalue weighted by atomic mass is 35.5. The van der Waals surface area contributed by atoms with Crippen LogP contribution in [-0.2, 0) is 0 Å². The van der Waals surface area contributed by atoms with Gasteiger partial charge in [0.25, 0.3) is 0 Å². The number of rotatable bonds is 1. The van der Waals surface area contributed by atoms with E-state index in [9.17, 15) is 8.78 Å². The van der Waals surface area contributed by atoms with Gasteiger partial charge in [-0.3, -0.25) is 4.99 Å². The van der Waals surface area contributed by atoms with Gasteiger partial charge in [0.15, 0.2) is 11.0 Å². The van der Waals surface area contributed by atoms with Crippen molar-refractivity contribution < 1.29 is 8.78 Å². The molecule has 1 aliphatic rings. The zero-order chi connectivity index (χ0) is 14.9. The molecule has 1 aliphatic heterocycles. The third-order valence-electron chi connectivity index (χ3n) is 3.14. The Morgan fingerprint density at radius 3 is 2.65 bits per heavy atom. The molecule has 0 saturated heterocycles. The van der Waals surface area contributed by atoms with Crippen molar-refractivity contribution in [3.8, 4) is 0 Å². The van der Waals surface area contributed by atoms with Crippen LogP contribution in [0.2, 0.25) is 5.02 Å². The predicted octanol–water partition coefficient (Wildman–Crippen LogP) is 4.94. The summed E-state index contributed by atoms with van der Waals surface area (Å²) in [5, 5.41) is 3.53. The van der Waals surface area contributed by atoms with Crippen LogP contribution in [-0.4, -0.2) is 17.0 Å². The molecule has 1 aromatic rings. The molecule has 1 unspecified atom stereocenters. The van der Waals surface area contributed by atoms with Gasteiger partial charge in [-0.05, 0) is 17.9 Å². The zero-order valence-electron chi connectivity index (χ0n) is 11.6.